The molecule has 2 unspecified atom stereocenters. The largest absolute Gasteiger partial charge is 0.385 e. The van der Waals surface area contributed by atoms with Gasteiger partial charge in [-0.1, -0.05) is 6.92 Å². The average molecular weight is 191 g/mol. The molecule has 0 saturated carbocycles. The first-order valence-electron chi connectivity index (χ1n) is 3.52. The van der Waals surface area contributed by atoms with Crippen LogP contribution in [0.5, 0.6) is 0 Å². The van der Waals surface area contributed by atoms with Crippen molar-refractivity contribution in [1.82, 2.24) is 0 Å². The van der Waals surface area contributed by atoms with Crippen LogP contribution in [0.15, 0.2) is 5.10 Å². The Hall–Kier alpha value is -0.0300. The first kappa shape index (κ1) is 9.06. The summed E-state index contributed by atoms with van der Waals surface area (Å²) in [7, 11) is 0. The molecule has 1 aliphatic heterocycles. The molecule has 64 valence electrons. The lowest BCUT2D eigenvalue weighted by Crippen LogP contribution is -2.37. The number of nitrogens with two attached hydrogens (primary N) is 2. The van der Waals surface area contributed by atoms with Crippen molar-refractivity contribution in [3.05, 3.63) is 0 Å². The average Bonchev–Trinajstić information content (AvgIpc) is 2.04. The lowest BCUT2D eigenvalue weighted by Gasteiger charge is -2.26. The van der Waals surface area contributed by atoms with Crippen LogP contribution in [-0.4, -0.2) is 27.8 Å². The third-order valence-corrected chi connectivity index (χ3v) is 4.75. The lowest BCUT2D eigenvalue weighted by molar-refractivity contribution is 0.998. The molecule has 0 aromatic heterocycles. The first-order chi connectivity index (χ1) is 5.25. The number of hydrazone groups is 1. The van der Waals surface area contributed by atoms with E-state index in [1.807, 2.05) is 23.5 Å². The summed E-state index contributed by atoms with van der Waals surface area (Å²) in [5.74, 6) is 8.04. The molecular formula is C6H13N3S2. The highest BCUT2D eigenvalue weighted by Crippen LogP contribution is 2.30. The van der Waals surface area contributed by atoms with E-state index < -0.39 is 0 Å². The topological polar surface area (TPSA) is 64.4 Å². The van der Waals surface area contributed by atoms with E-state index in [4.69, 9.17) is 11.6 Å². The predicted octanol–water partition coefficient (Wildman–Crippen LogP) is 0.454. The van der Waals surface area contributed by atoms with Crippen molar-refractivity contribution in [1.29, 1.82) is 0 Å². The Morgan fingerprint density at radius 2 is 2.09 bits per heavy atom. The van der Waals surface area contributed by atoms with Gasteiger partial charge in [0.15, 0.2) is 0 Å². The summed E-state index contributed by atoms with van der Waals surface area (Å²) >= 11 is 3.78. The van der Waals surface area contributed by atoms with Gasteiger partial charge >= 0.3 is 0 Å². The monoisotopic (exact) mass is 191 g/mol. The summed E-state index contributed by atoms with van der Waals surface area (Å²) in [6.07, 6.45) is 0. The number of hydrogen-bond donors (Lipinski definition) is 2. The maximum Gasteiger partial charge on any atom is 0.133 e. The summed E-state index contributed by atoms with van der Waals surface area (Å²) in [4.78, 5) is 0. The minimum atomic E-state index is 0.318. The highest BCUT2D eigenvalue weighted by Gasteiger charge is 2.25. The first-order valence-corrected chi connectivity index (χ1v) is 5.62. The number of hydrogen-bond acceptors (Lipinski definition) is 4. The van der Waals surface area contributed by atoms with Crippen LogP contribution in [-0.2, 0) is 0 Å². The zero-order chi connectivity index (χ0) is 8.27. The highest BCUT2D eigenvalue weighted by atomic mass is 32.2. The molecule has 3 nitrogen and oxygen atoms in total. The van der Waals surface area contributed by atoms with Gasteiger partial charge in [0.1, 0.15) is 5.84 Å². The molecule has 0 amide bonds. The van der Waals surface area contributed by atoms with Gasteiger partial charge in [-0.2, -0.15) is 16.9 Å². The summed E-state index contributed by atoms with van der Waals surface area (Å²) in [6, 6.07) is 0. The molecule has 1 saturated heterocycles. The molecule has 2 atom stereocenters. The van der Waals surface area contributed by atoms with Crippen molar-refractivity contribution in [2.45, 2.75) is 17.4 Å². The molecular weight excluding hydrogens is 178 g/mol. The molecule has 0 spiro atoms. The Bertz CT molecular complexity index is 160. The minimum absolute atomic E-state index is 0.318. The Labute approximate surface area is 75.3 Å². The van der Waals surface area contributed by atoms with Crippen LogP contribution < -0.4 is 11.6 Å². The zero-order valence-corrected chi connectivity index (χ0v) is 8.12. The Kier molecular flexibility index (Phi) is 3.39. The molecule has 4 N–H and O–H groups in total. The van der Waals surface area contributed by atoms with E-state index in [1.54, 1.807) is 0 Å². The number of thioether (sulfide) groups is 2. The van der Waals surface area contributed by atoms with Gasteiger partial charge in [0.2, 0.25) is 0 Å². The lowest BCUT2D eigenvalue weighted by atomic mass is 10.3. The van der Waals surface area contributed by atoms with E-state index in [0.717, 1.165) is 5.75 Å². The van der Waals surface area contributed by atoms with Gasteiger partial charge in [-0.25, -0.2) is 0 Å². The van der Waals surface area contributed by atoms with Crippen LogP contribution >= 0.6 is 23.5 Å². The SMILES string of the molecule is CC1SCCSC1C(N)=NN. The fraction of sp³-hybridized carbons (Fsp3) is 0.833. The maximum atomic E-state index is 5.63. The standard InChI is InChI=1S/C6H13N3S2/c1-4-5(6(7)9-8)11-3-2-10-4/h4-5H,2-3,8H2,1H3,(H2,7,9). The Balaban J connectivity index is 2.54. The van der Waals surface area contributed by atoms with Gasteiger partial charge in [-0.15, -0.1) is 11.8 Å². The molecule has 1 heterocycles. The molecule has 5 heteroatoms. The Morgan fingerprint density at radius 3 is 2.64 bits per heavy atom. The summed E-state index contributed by atoms with van der Waals surface area (Å²) in [6.45, 7) is 2.17. The molecule has 0 aromatic carbocycles. The fourth-order valence-electron chi connectivity index (χ4n) is 1.03. The second-order valence-electron chi connectivity index (χ2n) is 2.42. The van der Waals surface area contributed by atoms with E-state index in [2.05, 4.69) is 12.0 Å². The van der Waals surface area contributed by atoms with Gasteiger partial charge in [-0.05, 0) is 0 Å². The van der Waals surface area contributed by atoms with Crippen LogP contribution in [0.4, 0.5) is 0 Å². The quantitative estimate of drug-likeness (QED) is 0.273. The number of amidine groups is 1. The molecule has 0 radical (unpaired) electrons. The molecule has 1 aliphatic rings. The number of rotatable bonds is 1. The van der Waals surface area contributed by atoms with E-state index >= 15 is 0 Å². The number of nitrogens with zero attached hydrogens (tertiary/aromatic N) is 1. The smallest absolute Gasteiger partial charge is 0.133 e. The second kappa shape index (κ2) is 4.11. The van der Waals surface area contributed by atoms with Crippen molar-refractivity contribution in [2.75, 3.05) is 11.5 Å². The van der Waals surface area contributed by atoms with Gasteiger partial charge in [0, 0.05) is 16.8 Å². The van der Waals surface area contributed by atoms with Gasteiger partial charge in [0.25, 0.3) is 0 Å². The second-order valence-corrected chi connectivity index (χ2v) is 5.16. The minimum Gasteiger partial charge on any atom is -0.385 e. The molecule has 0 aromatic rings. The fourth-order valence-corrected chi connectivity index (χ4v) is 3.72. The van der Waals surface area contributed by atoms with Gasteiger partial charge < -0.3 is 11.6 Å². The normalized spacial score (nSPS) is 33.7. The van der Waals surface area contributed by atoms with Crippen molar-refractivity contribution < 1.29 is 0 Å². The molecule has 0 bridgehead atoms. The van der Waals surface area contributed by atoms with E-state index in [1.165, 1.54) is 5.75 Å². The molecule has 0 aliphatic carbocycles. The van der Waals surface area contributed by atoms with E-state index in [9.17, 15) is 0 Å². The van der Waals surface area contributed by atoms with Crippen LogP contribution in [0.25, 0.3) is 0 Å². The molecule has 11 heavy (non-hydrogen) atoms. The van der Waals surface area contributed by atoms with E-state index in [-0.39, 0.29) is 0 Å². The van der Waals surface area contributed by atoms with Crippen LogP contribution in [0.1, 0.15) is 6.92 Å². The third-order valence-electron chi connectivity index (χ3n) is 1.63. The van der Waals surface area contributed by atoms with Gasteiger partial charge in [0.05, 0.1) is 5.25 Å². The molecule has 1 rings (SSSR count). The van der Waals surface area contributed by atoms with E-state index in [0.29, 0.717) is 16.3 Å². The maximum absolute atomic E-state index is 5.63. The Morgan fingerprint density at radius 1 is 1.45 bits per heavy atom. The zero-order valence-electron chi connectivity index (χ0n) is 6.49. The van der Waals surface area contributed by atoms with Crippen LogP contribution in [0.3, 0.4) is 0 Å². The van der Waals surface area contributed by atoms with Crippen LogP contribution in [0, 0.1) is 0 Å². The van der Waals surface area contributed by atoms with Crippen LogP contribution in [0.2, 0.25) is 0 Å². The van der Waals surface area contributed by atoms with Gasteiger partial charge in [-0.3, -0.25) is 0 Å². The summed E-state index contributed by atoms with van der Waals surface area (Å²) in [5, 5.41) is 4.38. The predicted molar refractivity (Wildman–Crippen MR) is 54.0 cm³/mol. The van der Waals surface area contributed by atoms with Crippen molar-refractivity contribution in [3.8, 4) is 0 Å². The summed E-state index contributed by atoms with van der Waals surface area (Å²) < 4.78 is 0. The third kappa shape index (κ3) is 2.20. The highest BCUT2D eigenvalue weighted by molar-refractivity contribution is 8.07. The van der Waals surface area contributed by atoms with Crippen molar-refractivity contribution in [3.63, 3.8) is 0 Å². The van der Waals surface area contributed by atoms with Crippen molar-refractivity contribution >= 4 is 29.4 Å². The molecule has 1 fully saturated rings. The van der Waals surface area contributed by atoms with Crippen molar-refractivity contribution in [2.24, 2.45) is 16.7 Å². The summed E-state index contributed by atoms with van der Waals surface area (Å²) in [5.41, 5.74) is 5.63.